The van der Waals surface area contributed by atoms with E-state index in [-0.39, 0.29) is 6.42 Å². The molecule has 2 N–H and O–H groups in total. The van der Waals surface area contributed by atoms with Crippen molar-refractivity contribution in [3.05, 3.63) is 71.8 Å². The first kappa shape index (κ1) is 28.6. The summed E-state index contributed by atoms with van der Waals surface area (Å²) in [6.45, 7) is 2.88. The maximum atomic E-state index is 12.8. The number of hydrogen-bond acceptors (Lipinski definition) is 6. The summed E-state index contributed by atoms with van der Waals surface area (Å²) in [4.78, 5) is 24.8. The Bertz CT molecular complexity index is 834. The van der Waals surface area contributed by atoms with Gasteiger partial charge >= 0.3 is 13.3 Å². The predicted octanol–water partition coefficient (Wildman–Crippen LogP) is 5.54. The van der Waals surface area contributed by atoms with E-state index < -0.39 is 25.3 Å². The van der Waals surface area contributed by atoms with Gasteiger partial charge in [-0.2, -0.15) is 0 Å². The third-order valence-electron chi connectivity index (χ3n) is 5.89. The average Bonchev–Trinajstić information content (AvgIpc) is 2.85. The molecule has 0 heterocycles. The molecule has 35 heavy (non-hydrogen) atoms. The van der Waals surface area contributed by atoms with Crippen LogP contribution in [0.15, 0.2) is 60.7 Å². The monoisotopic (exact) mass is 481 g/mol. The molecule has 2 aromatic rings. The molecule has 0 amide bonds. The maximum Gasteiger partial charge on any atom is 0.789 e. The highest BCUT2D eigenvalue weighted by molar-refractivity contribution is 6.40. The largest absolute Gasteiger partial charge is 0.789 e. The van der Waals surface area contributed by atoms with Crippen LogP contribution >= 0.6 is 0 Å². The second-order valence-corrected chi connectivity index (χ2v) is 8.88. The SMILES string of the molecule is CCCCCCCCCCCCNC(C(=O)OB(O)OC(=O)Cc1ccccc1)c1ccccc1. The van der Waals surface area contributed by atoms with Crippen LogP contribution in [0.25, 0.3) is 0 Å². The first-order chi connectivity index (χ1) is 17.1. The Morgan fingerprint density at radius 3 is 1.94 bits per heavy atom. The molecule has 0 aliphatic carbocycles. The van der Waals surface area contributed by atoms with Crippen molar-refractivity contribution in [3.63, 3.8) is 0 Å². The zero-order valence-electron chi connectivity index (χ0n) is 21.0. The molecule has 2 aromatic carbocycles. The van der Waals surface area contributed by atoms with E-state index in [1.165, 1.54) is 51.4 Å². The van der Waals surface area contributed by atoms with Gasteiger partial charge in [-0.3, -0.25) is 9.59 Å². The van der Waals surface area contributed by atoms with Crippen LogP contribution in [-0.2, 0) is 25.3 Å². The van der Waals surface area contributed by atoms with Gasteiger partial charge in [0.15, 0.2) is 0 Å². The van der Waals surface area contributed by atoms with Crippen molar-refractivity contribution < 1.29 is 23.9 Å². The molecule has 0 aliphatic heterocycles. The molecule has 0 aromatic heterocycles. The molecule has 0 saturated carbocycles. The van der Waals surface area contributed by atoms with Crippen LogP contribution in [0.2, 0.25) is 0 Å². The average molecular weight is 481 g/mol. The zero-order valence-corrected chi connectivity index (χ0v) is 21.0. The van der Waals surface area contributed by atoms with Crippen molar-refractivity contribution in [2.75, 3.05) is 6.54 Å². The smallest absolute Gasteiger partial charge is 0.473 e. The van der Waals surface area contributed by atoms with E-state index in [2.05, 4.69) is 12.2 Å². The highest BCUT2D eigenvalue weighted by atomic mass is 16.7. The molecule has 6 nitrogen and oxygen atoms in total. The van der Waals surface area contributed by atoms with Crippen LogP contribution in [0.3, 0.4) is 0 Å². The van der Waals surface area contributed by atoms with Crippen molar-refractivity contribution >= 4 is 19.3 Å². The fourth-order valence-electron chi connectivity index (χ4n) is 3.95. The molecule has 190 valence electrons. The van der Waals surface area contributed by atoms with E-state index in [0.717, 1.165) is 24.0 Å². The number of carbonyl (C=O) groups is 2. The Balaban J connectivity index is 1.73. The Kier molecular flexibility index (Phi) is 14.5. The normalized spacial score (nSPS) is 11.6. The Morgan fingerprint density at radius 1 is 0.800 bits per heavy atom. The van der Waals surface area contributed by atoms with Gasteiger partial charge in [-0.1, -0.05) is 125 Å². The second-order valence-electron chi connectivity index (χ2n) is 8.88. The summed E-state index contributed by atoms with van der Waals surface area (Å²) in [6, 6.07) is 17.5. The van der Waals surface area contributed by atoms with E-state index in [9.17, 15) is 14.6 Å². The molecule has 0 radical (unpaired) electrons. The fraction of sp³-hybridized carbons (Fsp3) is 0.500. The Labute approximate surface area is 210 Å². The lowest BCUT2D eigenvalue weighted by atomic mass is 10.0. The van der Waals surface area contributed by atoms with Gasteiger partial charge in [-0.25, -0.2) is 0 Å². The summed E-state index contributed by atoms with van der Waals surface area (Å²) in [7, 11) is -1.95. The van der Waals surface area contributed by atoms with E-state index in [1.54, 1.807) is 12.1 Å². The lowest BCUT2D eigenvalue weighted by Crippen LogP contribution is -2.37. The van der Waals surface area contributed by atoms with Crippen LogP contribution in [0.5, 0.6) is 0 Å². The first-order valence-corrected chi connectivity index (χ1v) is 13.0. The topological polar surface area (TPSA) is 84.9 Å². The van der Waals surface area contributed by atoms with Gasteiger partial charge in [0.2, 0.25) is 0 Å². The summed E-state index contributed by atoms with van der Waals surface area (Å²) in [5, 5.41) is 13.2. The number of unbranched alkanes of at least 4 members (excludes halogenated alkanes) is 9. The number of nitrogens with one attached hydrogen (secondary N) is 1. The van der Waals surface area contributed by atoms with Gasteiger partial charge in [0, 0.05) is 0 Å². The highest BCUT2D eigenvalue weighted by Gasteiger charge is 2.31. The lowest BCUT2D eigenvalue weighted by molar-refractivity contribution is -0.143. The van der Waals surface area contributed by atoms with Crippen molar-refractivity contribution in [1.29, 1.82) is 0 Å². The Hall–Kier alpha value is -2.64. The van der Waals surface area contributed by atoms with Crippen LogP contribution < -0.4 is 5.32 Å². The maximum absolute atomic E-state index is 12.8. The van der Waals surface area contributed by atoms with E-state index in [1.807, 2.05) is 48.5 Å². The van der Waals surface area contributed by atoms with Crippen molar-refractivity contribution in [2.45, 2.75) is 83.6 Å². The third kappa shape index (κ3) is 12.6. The molecule has 1 atom stereocenters. The zero-order chi connectivity index (χ0) is 25.1. The lowest BCUT2D eigenvalue weighted by Gasteiger charge is -2.19. The molecule has 0 spiro atoms. The summed E-state index contributed by atoms with van der Waals surface area (Å²) in [5.41, 5.74) is 1.48. The van der Waals surface area contributed by atoms with Crippen LogP contribution in [0.4, 0.5) is 0 Å². The minimum atomic E-state index is -1.95. The van der Waals surface area contributed by atoms with Gasteiger partial charge in [0.05, 0.1) is 6.42 Å². The van der Waals surface area contributed by atoms with E-state index in [4.69, 9.17) is 9.31 Å². The van der Waals surface area contributed by atoms with Crippen molar-refractivity contribution in [3.8, 4) is 0 Å². The molecular weight excluding hydrogens is 441 g/mol. The molecule has 2 rings (SSSR count). The van der Waals surface area contributed by atoms with Gasteiger partial charge in [0.25, 0.3) is 5.97 Å². The molecule has 0 fully saturated rings. The molecule has 1 unspecified atom stereocenters. The summed E-state index contributed by atoms with van der Waals surface area (Å²) in [5.74, 6) is -1.37. The summed E-state index contributed by atoms with van der Waals surface area (Å²) < 4.78 is 9.90. The van der Waals surface area contributed by atoms with E-state index in [0.29, 0.717) is 6.54 Å². The Morgan fingerprint density at radius 2 is 1.34 bits per heavy atom. The quantitative estimate of drug-likeness (QED) is 0.215. The van der Waals surface area contributed by atoms with E-state index >= 15 is 0 Å². The van der Waals surface area contributed by atoms with Crippen molar-refractivity contribution in [1.82, 2.24) is 5.32 Å². The minimum Gasteiger partial charge on any atom is -0.473 e. The standard InChI is InChI=1S/C28H40BNO5/c1-2-3-4-5-6-7-8-9-10-17-22-30-27(25-20-15-12-16-21-25)28(32)35-29(33)34-26(31)23-24-18-13-11-14-19-24/h11-16,18-21,27,30,33H,2-10,17,22-23H2,1H3. The predicted molar refractivity (Wildman–Crippen MR) is 139 cm³/mol. The number of hydrogen-bond donors (Lipinski definition) is 2. The fourth-order valence-corrected chi connectivity index (χ4v) is 3.95. The van der Waals surface area contributed by atoms with Gasteiger partial charge in [-0.05, 0) is 24.1 Å². The van der Waals surface area contributed by atoms with Crippen LogP contribution in [0, 0.1) is 0 Å². The second kappa shape index (κ2) is 17.7. The van der Waals surface area contributed by atoms with Crippen LogP contribution in [-0.4, -0.2) is 30.8 Å². The van der Waals surface area contributed by atoms with Gasteiger partial charge in [0.1, 0.15) is 6.04 Å². The third-order valence-corrected chi connectivity index (χ3v) is 5.89. The number of rotatable bonds is 18. The van der Waals surface area contributed by atoms with Crippen molar-refractivity contribution in [2.24, 2.45) is 0 Å². The minimum absolute atomic E-state index is 0.0193. The molecule has 0 saturated heterocycles. The molecule has 0 aliphatic rings. The van der Waals surface area contributed by atoms with Crippen LogP contribution in [0.1, 0.15) is 88.3 Å². The number of carbonyl (C=O) groups excluding carboxylic acids is 2. The summed E-state index contributed by atoms with van der Waals surface area (Å²) >= 11 is 0. The highest BCUT2D eigenvalue weighted by Crippen LogP contribution is 2.16. The summed E-state index contributed by atoms with van der Waals surface area (Å²) in [6.07, 6.45) is 12.4. The molecule has 0 bridgehead atoms. The van der Waals surface area contributed by atoms with Gasteiger partial charge < -0.3 is 19.6 Å². The molecular formula is C28H40BNO5. The van der Waals surface area contributed by atoms with Gasteiger partial charge in [-0.15, -0.1) is 0 Å². The number of benzene rings is 2. The molecule has 7 heteroatoms. The first-order valence-electron chi connectivity index (χ1n) is 13.0.